The van der Waals surface area contributed by atoms with Crippen LogP contribution in [0.3, 0.4) is 0 Å². The lowest BCUT2D eigenvalue weighted by atomic mass is 10.0. The fourth-order valence-corrected chi connectivity index (χ4v) is 4.79. The van der Waals surface area contributed by atoms with E-state index in [-0.39, 0.29) is 12.1 Å². The maximum absolute atomic E-state index is 13.9. The zero-order valence-corrected chi connectivity index (χ0v) is 20.1. The monoisotopic (exact) mass is 450 g/mol. The van der Waals surface area contributed by atoms with Crippen molar-refractivity contribution in [2.75, 3.05) is 24.3 Å². The third-order valence-corrected chi connectivity index (χ3v) is 6.57. The quantitative estimate of drug-likeness (QED) is 0.398. The molecule has 5 nitrogen and oxygen atoms in total. The van der Waals surface area contributed by atoms with Crippen molar-refractivity contribution in [3.05, 3.63) is 113 Å². The van der Waals surface area contributed by atoms with Crippen LogP contribution < -0.4 is 10.2 Å². The Balaban J connectivity index is 1.61. The number of anilines is 2. The van der Waals surface area contributed by atoms with Crippen LogP contribution in [0.25, 0.3) is 5.69 Å². The minimum atomic E-state index is -0.232. The average Bonchev–Trinajstić information content (AvgIpc) is 3.25. The van der Waals surface area contributed by atoms with Gasteiger partial charge in [-0.1, -0.05) is 48.0 Å². The number of benzene rings is 3. The molecule has 1 aliphatic rings. The van der Waals surface area contributed by atoms with E-state index in [9.17, 15) is 4.79 Å². The second kappa shape index (κ2) is 8.75. The van der Waals surface area contributed by atoms with Crippen LogP contribution in [0.4, 0.5) is 16.2 Å². The van der Waals surface area contributed by atoms with Crippen molar-refractivity contribution in [3.8, 4) is 5.69 Å². The number of hydrogen-bond acceptors (Lipinski definition) is 2. The van der Waals surface area contributed by atoms with Crippen molar-refractivity contribution in [2.24, 2.45) is 0 Å². The number of nitrogens with one attached hydrogen (secondary N) is 1. The molecule has 0 radical (unpaired) electrons. The molecule has 2 amide bonds. The highest BCUT2D eigenvalue weighted by molar-refractivity contribution is 5.91. The second-order valence-corrected chi connectivity index (χ2v) is 9.20. The van der Waals surface area contributed by atoms with E-state index in [0.29, 0.717) is 6.54 Å². The molecule has 0 spiro atoms. The number of aromatic nitrogens is 1. The highest BCUT2D eigenvalue weighted by Crippen LogP contribution is 2.37. The van der Waals surface area contributed by atoms with Crippen molar-refractivity contribution in [2.45, 2.75) is 26.4 Å². The molecule has 1 aromatic heterocycles. The zero-order chi connectivity index (χ0) is 23.8. The molecule has 34 heavy (non-hydrogen) atoms. The maximum atomic E-state index is 13.9. The molecule has 5 rings (SSSR count). The van der Waals surface area contributed by atoms with Gasteiger partial charge in [0.1, 0.15) is 0 Å². The van der Waals surface area contributed by atoms with E-state index in [0.717, 1.165) is 39.4 Å². The van der Waals surface area contributed by atoms with E-state index in [4.69, 9.17) is 0 Å². The first-order valence-corrected chi connectivity index (χ1v) is 11.6. The summed E-state index contributed by atoms with van der Waals surface area (Å²) in [5.41, 5.74) is 8.57. The Kier molecular flexibility index (Phi) is 5.62. The summed E-state index contributed by atoms with van der Waals surface area (Å²) in [5, 5.41) is 3.19. The Labute approximate surface area is 201 Å². The van der Waals surface area contributed by atoms with E-state index in [2.05, 4.69) is 88.6 Å². The summed E-state index contributed by atoms with van der Waals surface area (Å²) in [6, 6.07) is 26.7. The minimum Gasteiger partial charge on any atom is -0.378 e. The lowest BCUT2D eigenvalue weighted by Gasteiger charge is -2.31. The summed E-state index contributed by atoms with van der Waals surface area (Å²) < 4.78 is 2.21. The van der Waals surface area contributed by atoms with Crippen LogP contribution in [0.5, 0.6) is 0 Å². The van der Waals surface area contributed by atoms with Gasteiger partial charge < -0.3 is 19.7 Å². The van der Waals surface area contributed by atoms with Crippen LogP contribution in [0.1, 0.15) is 34.0 Å². The Bertz CT molecular complexity index is 1340. The number of urea groups is 1. The molecule has 0 fully saturated rings. The van der Waals surface area contributed by atoms with Gasteiger partial charge in [-0.3, -0.25) is 0 Å². The van der Waals surface area contributed by atoms with Crippen LogP contribution in [-0.2, 0) is 6.54 Å². The number of fused-ring (bicyclic) bond motifs is 3. The van der Waals surface area contributed by atoms with Gasteiger partial charge >= 0.3 is 6.03 Å². The second-order valence-electron chi connectivity index (χ2n) is 9.20. The predicted octanol–water partition coefficient (Wildman–Crippen LogP) is 6.30. The lowest BCUT2D eigenvalue weighted by molar-refractivity contribution is 0.194. The summed E-state index contributed by atoms with van der Waals surface area (Å²) in [6.45, 7) is 4.60. The van der Waals surface area contributed by atoms with Crippen molar-refractivity contribution in [3.63, 3.8) is 0 Å². The predicted molar refractivity (Wildman–Crippen MR) is 139 cm³/mol. The zero-order valence-electron chi connectivity index (χ0n) is 20.1. The first kappa shape index (κ1) is 21.8. The number of rotatable bonds is 3. The van der Waals surface area contributed by atoms with Crippen LogP contribution in [0.15, 0.2) is 85.1 Å². The summed E-state index contributed by atoms with van der Waals surface area (Å²) >= 11 is 0. The fraction of sp³-hybridized carbons (Fsp3) is 0.207. The van der Waals surface area contributed by atoms with Crippen LogP contribution in [-0.4, -0.2) is 29.6 Å². The molecule has 4 aromatic rings. The summed E-state index contributed by atoms with van der Waals surface area (Å²) in [4.78, 5) is 17.9. The summed E-state index contributed by atoms with van der Waals surface area (Å²) in [5.74, 6) is 0. The van der Waals surface area contributed by atoms with Gasteiger partial charge in [-0.25, -0.2) is 4.79 Å². The van der Waals surface area contributed by atoms with E-state index in [1.807, 2.05) is 44.1 Å². The van der Waals surface area contributed by atoms with E-state index < -0.39 is 0 Å². The Morgan fingerprint density at radius 2 is 1.71 bits per heavy atom. The molecule has 1 atom stereocenters. The van der Waals surface area contributed by atoms with E-state index in [1.165, 1.54) is 5.56 Å². The van der Waals surface area contributed by atoms with Gasteiger partial charge in [0.25, 0.3) is 0 Å². The number of amides is 2. The molecule has 0 saturated heterocycles. The number of aryl methyl sites for hydroxylation is 2. The van der Waals surface area contributed by atoms with Crippen molar-refractivity contribution in [1.29, 1.82) is 0 Å². The van der Waals surface area contributed by atoms with E-state index >= 15 is 0 Å². The van der Waals surface area contributed by atoms with Gasteiger partial charge in [-0.2, -0.15) is 0 Å². The lowest BCUT2D eigenvalue weighted by Crippen LogP contribution is -2.38. The normalized spacial score (nSPS) is 14.7. The summed E-state index contributed by atoms with van der Waals surface area (Å²) in [7, 11) is 4.07. The smallest absolute Gasteiger partial charge is 0.322 e. The molecule has 0 bridgehead atoms. The Hall–Kier alpha value is -3.99. The van der Waals surface area contributed by atoms with Crippen LogP contribution >= 0.6 is 0 Å². The third-order valence-electron chi connectivity index (χ3n) is 6.57. The number of nitrogens with zero attached hydrogens (tertiary/aromatic N) is 3. The molecule has 1 N–H and O–H groups in total. The standard InChI is InChI=1S/C29H30N4O/c1-20-11-16-25(21(2)18-20)30-29(34)33-19-23-8-5-6-9-26(23)32-17-7-10-27(32)28(33)22-12-14-24(15-13-22)31(3)4/h5-18,28H,19H2,1-4H3,(H,30,34). The van der Waals surface area contributed by atoms with Gasteiger partial charge in [0.15, 0.2) is 0 Å². The topological polar surface area (TPSA) is 40.5 Å². The van der Waals surface area contributed by atoms with Crippen molar-refractivity contribution >= 4 is 17.4 Å². The third kappa shape index (κ3) is 3.94. The highest BCUT2D eigenvalue weighted by atomic mass is 16.2. The van der Waals surface area contributed by atoms with Crippen LogP contribution in [0.2, 0.25) is 0 Å². The molecule has 0 aliphatic carbocycles. The molecule has 172 valence electrons. The molecule has 1 unspecified atom stereocenters. The molecule has 0 saturated carbocycles. The molecule has 1 aliphatic heterocycles. The minimum absolute atomic E-state index is 0.113. The highest BCUT2D eigenvalue weighted by Gasteiger charge is 2.33. The van der Waals surface area contributed by atoms with Gasteiger partial charge in [-0.15, -0.1) is 0 Å². The van der Waals surface area contributed by atoms with Crippen LogP contribution in [0, 0.1) is 13.8 Å². The van der Waals surface area contributed by atoms with E-state index in [1.54, 1.807) is 0 Å². The SMILES string of the molecule is Cc1ccc(NC(=O)N2Cc3ccccc3-n3cccc3C2c2ccc(N(C)C)cc2)c(C)c1. The number of para-hydroxylation sites is 1. The molecule has 3 aromatic carbocycles. The van der Waals surface area contributed by atoms with Gasteiger partial charge in [-0.05, 0) is 66.9 Å². The number of carbonyl (C=O) groups excluding carboxylic acids is 1. The van der Waals surface area contributed by atoms with Crippen molar-refractivity contribution < 1.29 is 4.79 Å². The molecule has 5 heteroatoms. The van der Waals surface area contributed by atoms with Gasteiger partial charge in [0.2, 0.25) is 0 Å². The first-order valence-electron chi connectivity index (χ1n) is 11.6. The molecule has 2 heterocycles. The Morgan fingerprint density at radius 3 is 2.44 bits per heavy atom. The molecular weight excluding hydrogens is 420 g/mol. The number of hydrogen-bond donors (Lipinski definition) is 1. The largest absolute Gasteiger partial charge is 0.378 e. The molecular formula is C29H30N4O. The van der Waals surface area contributed by atoms with Crippen molar-refractivity contribution in [1.82, 2.24) is 9.47 Å². The number of carbonyl (C=O) groups is 1. The summed E-state index contributed by atoms with van der Waals surface area (Å²) in [6.07, 6.45) is 2.08. The van der Waals surface area contributed by atoms with Gasteiger partial charge in [0.05, 0.1) is 18.3 Å². The Morgan fingerprint density at radius 1 is 0.941 bits per heavy atom. The maximum Gasteiger partial charge on any atom is 0.322 e. The first-order chi connectivity index (χ1) is 16.4. The fourth-order valence-electron chi connectivity index (χ4n) is 4.79. The average molecular weight is 451 g/mol. The van der Waals surface area contributed by atoms with Gasteiger partial charge in [0, 0.05) is 37.4 Å².